The van der Waals surface area contributed by atoms with E-state index in [2.05, 4.69) is 15.9 Å². The van der Waals surface area contributed by atoms with Crippen molar-refractivity contribution in [2.24, 2.45) is 5.73 Å². The third kappa shape index (κ3) is 2.51. The maximum absolute atomic E-state index is 13.0. The van der Waals surface area contributed by atoms with Crippen LogP contribution in [0.5, 0.6) is 0 Å². The van der Waals surface area contributed by atoms with E-state index in [4.69, 9.17) is 10.8 Å². The first-order chi connectivity index (χ1) is 6.97. The number of carboxylic acids is 1. The summed E-state index contributed by atoms with van der Waals surface area (Å²) in [5, 5.41) is 8.77. The van der Waals surface area contributed by atoms with E-state index in [0.717, 1.165) is 6.07 Å². The lowest BCUT2D eigenvalue weighted by Gasteiger charge is -2.10. The van der Waals surface area contributed by atoms with Crippen molar-refractivity contribution in [2.75, 3.05) is 6.54 Å². The van der Waals surface area contributed by atoms with Gasteiger partial charge in [-0.25, -0.2) is 8.78 Å². The molecule has 0 spiro atoms. The minimum atomic E-state index is -1.17. The maximum Gasteiger partial charge on any atom is 0.312 e. The van der Waals surface area contributed by atoms with Crippen molar-refractivity contribution in [2.45, 2.75) is 5.92 Å². The highest BCUT2D eigenvalue weighted by molar-refractivity contribution is 9.10. The van der Waals surface area contributed by atoms with Crippen LogP contribution >= 0.6 is 15.9 Å². The summed E-state index contributed by atoms with van der Waals surface area (Å²) in [7, 11) is 0. The Hall–Kier alpha value is -1.01. The monoisotopic (exact) mass is 279 g/mol. The van der Waals surface area contributed by atoms with Crippen LogP contribution in [-0.2, 0) is 4.79 Å². The van der Waals surface area contributed by atoms with Crippen molar-refractivity contribution in [3.05, 3.63) is 33.8 Å². The zero-order chi connectivity index (χ0) is 11.6. The van der Waals surface area contributed by atoms with Gasteiger partial charge in [-0.1, -0.05) is 0 Å². The average Bonchev–Trinajstić information content (AvgIpc) is 2.14. The normalized spacial score (nSPS) is 12.5. The second kappa shape index (κ2) is 4.67. The Bertz CT molecular complexity index is 375. The molecule has 0 aromatic heterocycles. The summed E-state index contributed by atoms with van der Waals surface area (Å²) in [4.78, 5) is 10.7. The number of hydrogen-bond donors (Lipinski definition) is 2. The Balaban J connectivity index is 3.20. The molecular weight excluding hydrogens is 272 g/mol. The van der Waals surface area contributed by atoms with Gasteiger partial charge in [0.2, 0.25) is 0 Å². The fourth-order valence-electron chi connectivity index (χ4n) is 1.16. The second-order valence-electron chi connectivity index (χ2n) is 2.93. The smallest absolute Gasteiger partial charge is 0.312 e. The Labute approximate surface area is 93.0 Å². The van der Waals surface area contributed by atoms with E-state index < -0.39 is 23.5 Å². The van der Waals surface area contributed by atoms with Crippen LogP contribution in [0.25, 0.3) is 0 Å². The molecule has 15 heavy (non-hydrogen) atoms. The van der Waals surface area contributed by atoms with Crippen LogP contribution in [0.15, 0.2) is 16.6 Å². The van der Waals surface area contributed by atoms with E-state index in [1.807, 2.05) is 0 Å². The zero-order valence-corrected chi connectivity index (χ0v) is 9.09. The summed E-state index contributed by atoms with van der Waals surface area (Å²) in [5.74, 6) is -4.34. The van der Waals surface area contributed by atoms with Crippen LogP contribution in [0.4, 0.5) is 8.78 Å². The lowest BCUT2D eigenvalue weighted by Crippen LogP contribution is -2.21. The molecule has 3 nitrogen and oxygen atoms in total. The van der Waals surface area contributed by atoms with Gasteiger partial charge in [-0.3, -0.25) is 4.79 Å². The van der Waals surface area contributed by atoms with E-state index >= 15 is 0 Å². The third-order valence-corrected chi connectivity index (χ3v) is 2.52. The molecule has 6 heteroatoms. The Morgan fingerprint density at radius 3 is 2.53 bits per heavy atom. The predicted octanol–water partition coefficient (Wildman–Crippen LogP) is 1.85. The molecule has 0 aliphatic rings. The standard InChI is InChI=1S/C9H8BrF2NO2/c10-6-1-4(2-7(11)8(6)12)5(3-13)9(14)15/h1-2,5H,3,13H2,(H,14,15). The molecule has 1 unspecified atom stereocenters. The molecule has 0 saturated heterocycles. The predicted molar refractivity (Wildman–Crippen MR) is 53.5 cm³/mol. The fourth-order valence-corrected chi connectivity index (χ4v) is 1.61. The molecule has 82 valence electrons. The number of aliphatic carboxylic acids is 1. The van der Waals surface area contributed by atoms with Crippen molar-refractivity contribution in [1.29, 1.82) is 0 Å². The number of nitrogens with two attached hydrogens (primary N) is 1. The number of rotatable bonds is 3. The largest absolute Gasteiger partial charge is 0.481 e. The number of halogens is 3. The topological polar surface area (TPSA) is 63.3 Å². The van der Waals surface area contributed by atoms with Gasteiger partial charge < -0.3 is 10.8 Å². The number of carboxylic acid groups (broad SMARTS) is 1. The summed E-state index contributed by atoms with van der Waals surface area (Å²) in [6.07, 6.45) is 0. The molecule has 1 aromatic carbocycles. The maximum atomic E-state index is 13.0. The van der Waals surface area contributed by atoms with E-state index in [1.165, 1.54) is 6.07 Å². The number of benzene rings is 1. The van der Waals surface area contributed by atoms with Crippen molar-refractivity contribution in [1.82, 2.24) is 0 Å². The lowest BCUT2D eigenvalue weighted by atomic mass is 9.99. The highest BCUT2D eigenvalue weighted by atomic mass is 79.9. The molecule has 0 bridgehead atoms. The van der Waals surface area contributed by atoms with E-state index in [1.54, 1.807) is 0 Å². The molecule has 0 amide bonds. The summed E-state index contributed by atoms with van der Waals surface area (Å²) in [6.45, 7) is -0.174. The summed E-state index contributed by atoms with van der Waals surface area (Å²) in [5.41, 5.74) is 5.37. The van der Waals surface area contributed by atoms with E-state index in [-0.39, 0.29) is 16.6 Å². The molecule has 1 aromatic rings. The minimum Gasteiger partial charge on any atom is -0.481 e. The highest BCUT2D eigenvalue weighted by Crippen LogP contribution is 2.24. The van der Waals surface area contributed by atoms with Gasteiger partial charge in [0.15, 0.2) is 11.6 Å². The first-order valence-electron chi connectivity index (χ1n) is 4.04. The Kier molecular flexibility index (Phi) is 3.76. The highest BCUT2D eigenvalue weighted by Gasteiger charge is 2.20. The van der Waals surface area contributed by atoms with Crippen LogP contribution in [-0.4, -0.2) is 17.6 Å². The van der Waals surface area contributed by atoms with E-state index in [0.29, 0.717) is 0 Å². The summed E-state index contributed by atoms with van der Waals surface area (Å²) < 4.78 is 25.7. The summed E-state index contributed by atoms with van der Waals surface area (Å²) >= 11 is 2.79. The molecule has 0 fully saturated rings. The van der Waals surface area contributed by atoms with Crippen molar-refractivity contribution >= 4 is 21.9 Å². The average molecular weight is 280 g/mol. The fraction of sp³-hybridized carbons (Fsp3) is 0.222. The summed E-state index contributed by atoms with van der Waals surface area (Å²) in [6, 6.07) is 2.05. The first kappa shape index (κ1) is 12.1. The van der Waals surface area contributed by atoms with Gasteiger partial charge in [0.25, 0.3) is 0 Å². The molecule has 3 N–H and O–H groups in total. The second-order valence-corrected chi connectivity index (χ2v) is 3.78. The molecule has 0 aliphatic carbocycles. The van der Waals surface area contributed by atoms with Crippen molar-refractivity contribution < 1.29 is 18.7 Å². The van der Waals surface area contributed by atoms with Crippen LogP contribution in [0, 0.1) is 11.6 Å². The SMILES string of the molecule is NCC(C(=O)O)c1cc(F)c(F)c(Br)c1. The molecule has 0 saturated carbocycles. The molecule has 0 radical (unpaired) electrons. The number of carbonyl (C=O) groups is 1. The van der Waals surface area contributed by atoms with Gasteiger partial charge in [0.05, 0.1) is 10.4 Å². The van der Waals surface area contributed by atoms with E-state index in [9.17, 15) is 13.6 Å². The number of hydrogen-bond acceptors (Lipinski definition) is 2. The van der Waals surface area contributed by atoms with Crippen molar-refractivity contribution in [3.8, 4) is 0 Å². The molecular formula is C9H8BrF2NO2. The van der Waals surface area contributed by atoms with Crippen LogP contribution < -0.4 is 5.73 Å². The Morgan fingerprint density at radius 2 is 2.13 bits per heavy atom. The third-order valence-electron chi connectivity index (χ3n) is 1.94. The van der Waals surface area contributed by atoms with Crippen LogP contribution in [0.3, 0.4) is 0 Å². The van der Waals surface area contributed by atoms with Crippen molar-refractivity contribution in [3.63, 3.8) is 0 Å². The lowest BCUT2D eigenvalue weighted by molar-refractivity contribution is -0.138. The van der Waals surface area contributed by atoms with Gasteiger partial charge in [0, 0.05) is 6.54 Å². The van der Waals surface area contributed by atoms with Gasteiger partial charge in [-0.2, -0.15) is 0 Å². The molecule has 0 aliphatic heterocycles. The van der Waals surface area contributed by atoms with Crippen LogP contribution in [0.1, 0.15) is 11.5 Å². The molecule has 1 rings (SSSR count). The quantitative estimate of drug-likeness (QED) is 0.830. The Morgan fingerprint density at radius 1 is 1.53 bits per heavy atom. The van der Waals surface area contributed by atoms with Gasteiger partial charge in [-0.05, 0) is 33.6 Å². The molecule has 0 heterocycles. The zero-order valence-electron chi connectivity index (χ0n) is 7.51. The van der Waals surface area contributed by atoms with Crippen LogP contribution in [0.2, 0.25) is 0 Å². The first-order valence-corrected chi connectivity index (χ1v) is 4.84. The van der Waals surface area contributed by atoms with Gasteiger partial charge in [0.1, 0.15) is 0 Å². The molecule has 1 atom stereocenters. The van der Waals surface area contributed by atoms with Gasteiger partial charge in [-0.15, -0.1) is 0 Å². The minimum absolute atomic E-state index is 0.114. The van der Waals surface area contributed by atoms with Gasteiger partial charge >= 0.3 is 5.97 Å².